The topological polar surface area (TPSA) is 132 Å². The van der Waals surface area contributed by atoms with Crippen molar-refractivity contribution in [2.75, 3.05) is 71.4 Å². The average Bonchev–Trinajstić information content (AvgIpc) is 3.35. The number of methoxy groups -OCH3 is 1. The number of piperidine rings is 3. The number of carbonyl (C=O) groups is 4. The van der Waals surface area contributed by atoms with Gasteiger partial charge in [0.05, 0.1) is 30.3 Å². The van der Waals surface area contributed by atoms with E-state index in [1.54, 1.807) is 17.0 Å². The molecule has 0 unspecified atom stereocenters. The summed E-state index contributed by atoms with van der Waals surface area (Å²) in [6, 6.07) is 11.4. The van der Waals surface area contributed by atoms with Crippen LogP contribution >= 0.6 is 23.2 Å². The van der Waals surface area contributed by atoms with Crippen LogP contribution in [0.25, 0.3) is 0 Å². The lowest BCUT2D eigenvalue weighted by molar-refractivity contribution is -0.144. The van der Waals surface area contributed by atoms with Gasteiger partial charge in [-0.15, -0.1) is 0 Å². The Morgan fingerprint density at radius 1 is 0.889 bits per heavy atom. The monoisotopic (exact) mass is 787 g/mol. The van der Waals surface area contributed by atoms with Gasteiger partial charge in [0.1, 0.15) is 0 Å². The summed E-state index contributed by atoms with van der Waals surface area (Å²) < 4.78 is 9.80. The normalized spacial score (nSPS) is 19.5. The number of rotatable bonds is 8. The number of anilines is 1. The first-order valence-corrected chi connectivity index (χ1v) is 20.0. The van der Waals surface area contributed by atoms with E-state index in [2.05, 4.69) is 16.3 Å². The van der Waals surface area contributed by atoms with E-state index in [4.69, 9.17) is 32.7 Å². The van der Waals surface area contributed by atoms with E-state index in [1.807, 2.05) is 41.8 Å². The Hall–Kier alpha value is -3.74. The lowest BCUT2D eigenvalue weighted by Crippen LogP contribution is -2.50. The van der Waals surface area contributed by atoms with E-state index in [1.165, 1.54) is 12.7 Å². The van der Waals surface area contributed by atoms with Crippen molar-refractivity contribution >= 4 is 52.9 Å². The van der Waals surface area contributed by atoms with Crippen molar-refractivity contribution in [2.45, 2.75) is 71.3 Å². The Balaban J connectivity index is 0.000000222. The van der Waals surface area contributed by atoms with E-state index in [0.717, 1.165) is 82.4 Å². The molecule has 0 spiro atoms. The second-order valence-corrected chi connectivity index (χ2v) is 15.6. The fourth-order valence-electron chi connectivity index (χ4n) is 8.28. The van der Waals surface area contributed by atoms with Crippen LogP contribution in [0.3, 0.4) is 0 Å². The third-order valence-corrected chi connectivity index (χ3v) is 11.9. The molecule has 0 saturated carbocycles. The molecule has 0 aliphatic carbocycles. The van der Waals surface area contributed by atoms with E-state index in [9.17, 15) is 24.3 Å². The van der Waals surface area contributed by atoms with Crippen LogP contribution in [0.1, 0.15) is 63.5 Å². The maximum Gasteiger partial charge on any atom is 0.409 e. The molecule has 14 heteroatoms. The molecule has 4 amide bonds. The first-order valence-electron chi connectivity index (χ1n) is 19.3. The zero-order valence-electron chi connectivity index (χ0n) is 31.7. The Bertz CT molecular complexity index is 1580. The van der Waals surface area contributed by atoms with Crippen LogP contribution in [-0.2, 0) is 31.9 Å². The summed E-state index contributed by atoms with van der Waals surface area (Å²) >= 11 is 12.0. The number of para-hydroxylation sites is 1. The molecule has 2 aromatic rings. The number of phenols is 1. The van der Waals surface area contributed by atoms with Gasteiger partial charge in [0.2, 0.25) is 5.91 Å². The Morgan fingerprint density at radius 3 is 2.09 bits per heavy atom. The molecule has 296 valence electrons. The number of benzene rings is 2. The first kappa shape index (κ1) is 41.4. The van der Waals surface area contributed by atoms with Crippen molar-refractivity contribution in [1.29, 1.82) is 0 Å². The van der Waals surface area contributed by atoms with Crippen LogP contribution in [-0.4, -0.2) is 121 Å². The number of nitrogens with one attached hydrogen (secondary N) is 1. The van der Waals surface area contributed by atoms with E-state index in [-0.39, 0.29) is 51.8 Å². The Morgan fingerprint density at radius 2 is 1.48 bits per heavy atom. The van der Waals surface area contributed by atoms with Crippen molar-refractivity contribution in [3.63, 3.8) is 0 Å². The van der Waals surface area contributed by atoms with Crippen LogP contribution in [0.2, 0.25) is 10.0 Å². The van der Waals surface area contributed by atoms with E-state index < -0.39 is 0 Å². The summed E-state index contributed by atoms with van der Waals surface area (Å²) in [4.78, 5) is 56.4. The van der Waals surface area contributed by atoms with Gasteiger partial charge in [-0.3, -0.25) is 14.5 Å². The Labute approximate surface area is 329 Å². The van der Waals surface area contributed by atoms with Gasteiger partial charge in [-0.05, 0) is 113 Å². The highest BCUT2D eigenvalue weighted by Gasteiger charge is 2.33. The maximum absolute atomic E-state index is 13.0. The van der Waals surface area contributed by atoms with Crippen molar-refractivity contribution in [3.05, 3.63) is 57.6 Å². The summed E-state index contributed by atoms with van der Waals surface area (Å²) in [6.45, 7) is 10.1. The zero-order valence-corrected chi connectivity index (χ0v) is 33.2. The number of amides is 4. The lowest BCUT2D eigenvalue weighted by atomic mass is 9.78. The summed E-state index contributed by atoms with van der Waals surface area (Å²) in [6.07, 6.45) is 6.98. The van der Waals surface area contributed by atoms with E-state index in [0.29, 0.717) is 51.0 Å². The Kier molecular flexibility index (Phi) is 15.1. The number of hydrogen-bond acceptors (Lipinski definition) is 8. The second-order valence-electron chi connectivity index (χ2n) is 14.8. The predicted octanol–water partition coefficient (Wildman–Crippen LogP) is 6.70. The minimum absolute atomic E-state index is 0.0403. The molecule has 54 heavy (non-hydrogen) atoms. The number of carbonyl (C=O) groups excluding carboxylic acids is 4. The van der Waals surface area contributed by atoms with Crippen molar-refractivity contribution in [2.24, 2.45) is 17.8 Å². The molecule has 4 aliphatic rings. The molecule has 4 heterocycles. The minimum atomic E-state index is -0.286. The first-order chi connectivity index (χ1) is 26.0. The average molecular weight is 789 g/mol. The highest BCUT2D eigenvalue weighted by atomic mass is 35.5. The summed E-state index contributed by atoms with van der Waals surface area (Å²) in [5.41, 5.74) is 2.93. The van der Waals surface area contributed by atoms with Crippen LogP contribution in [0.15, 0.2) is 36.4 Å². The van der Waals surface area contributed by atoms with Crippen molar-refractivity contribution in [1.82, 2.24) is 19.6 Å². The number of halogens is 2. The number of urea groups is 1. The van der Waals surface area contributed by atoms with Crippen molar-refractivity contribution in [3.8, 4) is 5.75 Å². The third-order valence-electron chi connectivity index (χ3n) is 11.3. The van der Waals surface area contributed by atoms with Gasteiger partial charge < -0.3 is 34.6 Å². The molecule has 1 atom stereocenters. The lowest BCUT2D eigenvalue weighted by Gasteiger charge is -2.40. The molecule has 6 rings (SSSR count). The summed E-state index contributed by atoms with van der Waals surface area (Å²) in [5.74, 6) is 1.05. The number of ether oxygens (including phenoxy) is 2. The number of fused-ring (bicyclic) bond motifs is 1. The second kappa shape index (κ2) is 19.7. The third kappa shape index (κ3) is 10.9. The maximum atomic E-state index is 13.0. The smallest absolute Gasteiger partial charge is 0.409 e. The van der Waals surface area contributed by atoms with E-state index >= 15 is 0 Å². The zero-order chi connectivity index (χ0) is 38.8. The quantitative estimate of drug-likeness (QED) is 0.283. The predicted molar refractivity (Wildman–Crippen MR) is 209 cm³/mol. The molecule has 12 nitrogen and oxygen atoms in total. The highest BCUT2D eigenvalue weighted by Crippen LogP contribution is 2.35. The molecule has 2 aromatic carbocycles. The molecule has 0 aromatic heterocycles. The molecule has 0 radical (unpaired) electrons. The molecule has 0 bridgehead atoms. The fraction of sp³-hybridized carbons (Fsp3) is 0.600. The van der Waals surface area contributed by atoms with Gasteiger partial charge in [-0.25, -0.2) is 9.59 Å². The molecular formula is C40H55Cl2N5O7. The molecule has 3 saturated heterocycles. The summed E-state index contributed by atoms with van der Waals surface area (Å²) in [5, 5.41) is 13.1. The molecule has 2 N–H and O–H groups in total. The van der Waals surface area contributed by atoms with Crippen LogP contribution < -0.4 is 5.32 Å². The van der Waals surface area contributed by atoms with Gasteiger partial charge in [-0.2, -0.15) is 0 Å². The van der Waals surface area contributed by atoms with Crippen LogP contribution in [0, 0.1) is 17.8 Å². The molecule has 4 aliphatic heterocycles. The van der Waals surface area contributed by atoms with Gasteiger partial charge in [0.15, 0.2) is 5.75 Å². The molecule has 3 fully saturated rings. The standard InChI is InChI=1S/C24H34Cl2N2O4.C16H21N3O3/c1-3-32-22(29)15-27-8-4-18(5-9-27)19-6-10-28(11-7-19)24(31)16(2)12-17-13-20(25)23(30)21(26)14-17;1-22-16(21)18-9-7-13(8-10-18)19-11-6-12-4-2-3-5-14(12)17-15(19)20/h13-14,16,18-19,30H,3-12,15H2,1-2H3;2-5,13H,6-11H2,1H3,(H,17,20)/t16-;/m1./s1. The highest BCUT2D eigenvalue weighted by molar-refractivity contribution is 6.37. The SMILES string of the molecule is CCOC(=O)CN1CCC(C2CCN(C(=O)[C@H](C)Cc3cc(Cl)c(O)c(Cl)c3)CC2)CC1.COC(=O)N1CCC(N2CCc3ccccc3NC2=O)CC1. The fourth-order valence-corrected chi connectivity index (χ4v) is 8.81. The van der Waals surface area contributed by atoms with Crippen molar-refractivity contribution < 1.29 is 33.8 Å². The number of esters is 1. The number of aromatic hydroxyl groups is 1. The number of likely N-dealkylation sites (tertiary alicyclic amines) is 3. The van der Waals surface area contributed by atoms with Gasteiger partial charge in [0, 0.05) is 50.4 Å². The number of phenolic OH excluding ortho intramolecular Hbond substituents is 1. The molecular weight excluding hydrogens is 733 g/mol. The summed E-state index contributed by atoms with van der Waals surface area (Å²) in [7, 11) is 1.40. The van der Waals surface area contributed by atoms with Crippen LogP contribution in [0.4, 0.5) is 15.3 Å². The largest absolute Gasteiger partial charge is 0.505 e. The number of nitrogens with zero attached hydrogens (tertiary/aromatic N) is 4. The van der Waals surface area contributed by atoms with Gasteiger partial charge in [-0.1, -0.05) is 48.3 Å². The van der Waals surface area contributed by atoms with Gasteiger partial charge >= 0.3 is 18.1 Å². The number of hydrogen-bond donors (Lipinski definition) is 2. The van der Waals surface area contributed by atoms with Crippen LogP contribution in [0.5, 0.6) is 5.75 Å². The van der Waals surface area contributed by atoms with Gasteiger partial charge in [0.25, 0.3) is 0 Å². The minimum Gasteiger partial charge on any atom is -0.505 e.